The fraction of sp³-hybridized carbons (Fsp3) is 0.500. The number of hydrogen-bond donors (Lipinski definition) is 1. The van der Waals surface area contributed by atoms with Gasteiger partial charge in [-0.25, -0.2) is 4.39 Å². The highest BCUT2D eigenvalue weighted by Gasteiger charge is 2.38. The van der Waals surface area contributed by atoms with E-state index in [1.54, 1.807) is 12.1 Å². The van der Waals surface area contributed by atoms with Crippen molar-refractivity contribution in [2.45, 2.75) is 25.9 Å². The van der Waals surface area contributed by atoms with Crippen LogP contribution in [0.4, 0.5) is 4.39 Å². The van der Waals surface area contributed by atoms with Gasteiger partial charge in [-0.2, -0.15) is 0 Å². The van der Waals surface area contributed by atoms with Crippen molar-refractivity contribution in [3.63, 3.8) is 0 Å². The van der Waals surface area contributed by atoms with Crippen LogP contribution in [0, 0.1) is 17.7 Å². The summed E-state index contributed by atoms with van der Waals surface area (Å²) in [5.41, 5.74) is 0.593. The lowest BCUT2D eigenvalue weighted by molar-refractivity contribution is 0.145. The molecule has 0 amide bonds. The standard InChI is InChI=1S/C12H14BrFO/c1-7-4-10(7)12(15)6-8-5-9(13)2-3-11(8)14/h2-3,5,7,10,12,15H,4,6H2,1H3. The van der Waals surface area contributed by atoms with E-state index in [-0.39, 0.29) is 5.82 Å². The van der Waals surface area contributed by atoms with Crippen LogP contribution in [0.3, 0.4) is 0 Å². The Kier molecular flexibility index (Phi) is 3.12. The first-order chi connectivity index (χ1) is 7.08. The Bertz CT molecular complexity index is 367. The summed E-state index contributed by atoms with van der Waals surface area (Å²) < 4.78 is 14.2. The summed E-state index contributed by atoms with van der Waals surface area (Å²) in [5.74, 6) is 0.726. The van der Waals surface area contributed by atoms with Crippen LogP contribution < -0.4 is 0 Å². The van der Waals surface area contributed by atoms with Gasteiger partial charge in [0.05, 0.1) is 6.10 Å². The van der Waals surface area contributed by atoms with Gasteiger partial charge in [-0.05, 0) is 42.0 Å². The molecular weight excluding hydrogens is 259 g/mol. The van der Waals surface area contributed by atoms with Crippen LogP contribution in [0.1, 0.15) is 18.9 Å². The van der Waals surface area contributed by atoms with Crippen LogP contribution >= 0.6 is 15.9 Å². The maximum atomic E-state index is 13.4. The molecule has 0 aliphatic heterocycles. The predicted molar refractivity (Wildman–Crippen MR) is 61.1 cm³/mol. The summed E-state index contributed by atoms with van der Waals surface area (Å²) in [7, 11) is 0. The van der Waals surface area contributed by atoms with Crippen molar-refractivity contribution in [1.29, 1.82) is 0 Å². The molecule has 1 saturated carbocycles. The van der Waals surface area contributed by atoms with Crippen molar-refractivity contribution in [1.82, 2.24) is 0 Å². The Morgan fingerprint density at radius 1 is 1.60 bits per heavy atom. The first-order valence-electron chi connectivity index (χ1n) is 5.20. The van der Waals surface area contributed by atoms with Gasteiger partial charge >= 0.3 is 0 Å². The molecule has 1 aliphatic rings. The molecule has 0 saturated heterocycles. The normalized spacial score (nSPS) is 26.4. The molecule has 1 aromatic rings. The van der Waals surface area contributed by atoms with Crippen LogP contribution in [0.2, 0.25) is 0 Å². The Morgan fingerprint density at radius 3 is 2.87 bits per heavy atom. The third-order valence-electron chi connectivity index (χ3n) is 3.10. The van der Waals surface area contributed by atoms with E-state index >= 15 is 0 Å². The molecule has 2 rings (SSSR count). The van der Waals surface area contributed by atoms with E-state index in [0.717, 1.165) is 10.9 Å². The van der Waals surface area contributed by atoms with Crippen molar-refractivity contribution in [2.75, 3.05) is 0 Å². The highest BCUT2D eigenvalue weighted by atomic mass is 79.9. The molecule has 15 heavy (non-hydrogen) atoms. The van der Waals surface area contributed by atoms with Crippen molar-refractivity contribution >= 4 is 15.9 Å². The fourth-order valence-electron chi connectivity index (χ4n) is 1.96. The Balaban J connectivity index is 2.06. The molecule has 1 nitrogen and oxygen atoms in total. The van der Waals surface area contributed by atoms with Crippen molar-refractivity contribution in [3.05, 3.63) is 34.1 Å². The lowest BCUT2D eigenvalue weighted by atomic mass is 10.0. The molecule has 3 unspecified atom stereocenters. The molecule has 82 valence electrons. The molecule has 1 aromatic carbocycles. The summed E-state index contributed by atoms with van der Waals surface area (Å²) in [5, 5.41) is 9.85. The van der Waals surface area contributed by atoms with Crippen LogP contribution in [0.25, 0.3) is 0 Å². The number of halogens is 2. The maximum Gasteiger partial charge on any atom is 0.126 e. The topological polar surface area (TPSA) is 20.2 Å². The van der Waals surface area contributed by atoms with E-state index in [1.165, 1.54) is 6.07 Å². The molecule has 0 spiro atoms. The monoisotopic (exact) mass is 272 g/mol. The zero-order valence-electron chi connectivity index (χ0n) is 8.58. The third-order valence-corrected chi connectivity index (χ3v) is 3.60. The second-order valence-corrected chi connectivity index (χ2v) is 5.30. The predicted octanol–water partition coefficient (Wildman–Crippen LogP) is 3.15. The van der Waals surface area contributed by atoms with Gasteiger partial charge in [0, 0.05) is 10.9 Å². The van der Waals surface area contributed by atoms with Gasteiger partial charge in [0.2, 0.25) is 0 Å². The van der Waals surface area contributed by atoms with E-state index in [4.69, 9.17) is 0 Å². The lowest BCUT2D eigenvalue weighted by Gasteiger charge is -2.10. The molecule has 1 aliphatic carbocycles. The van der Waals surface area contributed by atoms with E-state index in [2.05, 4.69) is 22.9 Å². The average molecular weight is 273 g/mol. The minimum atomic E-state index is -0.399. The number of rotatable bonds is 3. The highest BCUT2D eigenvalue weighted by molar-refractivity contribution is 9.10. The first-order valence-corrected chi connectivity index (χ1v) is 5.99. The van der Waals surface area contributed by atoms with Crippen LogP contribution in [-0.4, -0.2) is 11.2 Å². The van der Waals surface area contributed by atoms with E-state index in [9.17, 15) is 9.50 Å². The number of aliphatic hydroxyl groups is 1. The smallest absolute Gasteiger partial charge is 0.126 e. The van der Waals surface area contributed by atoms with Crippen molar-refractivity contribution in [3.8, 4) is 0 Å². The molecule has 0 heterocycles. The number of hydrogen-bond acceptors (Lipinski definition) is 1. The van der Waals surface area contributed by atoms with Gasteiger partial charge in [0.15, 0.2) is 0 Å². The minimum absolute atomic E-state index is 0.231. The van der Waals surface area contributed by atoms with Crippen molar-refractivity contribution in [2.24, 2.45) is 11.8 Å². The molecule has 0 bridgehead atoms. The second kappa shape index (κ2) is 4.22. The minimum Gasteiger partial charge on any atom is -0.392 e. The zero-order chi connectivity index (χ0) is 11.0. The largest absolute Gasteiger partial charge is 0.392 e. The summed E-state index contributed by atoms with van der Waals surface area (Å²) >= 11 is 3.30. The Labute approximate surface area is 97.4 Å². The summed E-state index contributed by atoms with van der Waals surface area (Å²) in [6, 6.07) is 4.85. The van der Waals surface area contributed by atoms with Gasteiger partial charge in [-0.3, -0.25) is 0 Å². The third kappa shape index (κ3) is 2.58. The van der Waals surface area contributed by atoms with Gasteiger partial charge in [-0.1, -0.05) is 22.9 Å². The molecule has 3 atom stereocenters. The first kappa shape index (κ1) is 11.1. The Hall–Kier alpha value is -0.410. The van der Waals surface area contributed by atoms with Gasteiger partial charge in [0.1, 0.15) is 5.82 Å². The SMILES string of the molecule is CC1CC1C(O)Cc1cc(Br)ccc1F. The van der Waals surface area contributed by atoms with E-state index < -0.39 is 6.10 Å². The van der Waals surface area contributed by atoms with Crippen LogP contribution in [0.15, 0.2) is 22.7 Å². The second-order valence-electron chi connectivity index (χ2n) is 4.38. The number of aliphatic hydroxyl groups excluding tert-OH is 1. The molecule has 3 heteroatoms. The van der Waals surface area contributed by atoms with E-state index in [0.29, 0.717) is 23.8 Å². The molecule has 0 aromatic heterocycles. The van der Waals surface area contributed by atoms with Crippen LogP contribution in [-0.2, 0) is 6.42 Å². The molecule has 1 N–H and O–H groups in total. The zero-order valence-corrected chi connectivity index (χ0v) is 10.2. The summed E-state index contributed by atoms with van der Waals surface area (Å²) in [6.45, 7) is 2.12. The Morgan fingerprint density at radius 2 is 2.27 bits per heavy atom. The molecular formula is C12H14BrFO. The molecule has 1 fully saturated rings. The van der Waals surface area contributed by atoms with Gasteiger partial charge in [0.25, 0.3) is 0 Å². The maximum absolute atomic E-state index is 13.4. The van der Waals surface area contributed by atoms with Gasteiger partial charge in [-0.15, -0.1) is 0 Å². The average Bonchev–Trinajstić information content (AvgIpc) is 2.89. The molecule has 0 radical (unpaired) electrons. The van der Waals surface area contributed by atoms with Gasteiger partial charge < -0.3 is 5.11 Å². The van der Waals surface area contributed by atoms with Crippen molar-refractivity contribution < 1.29 is 9.50 Å². The van der Waals surface area contributed by atoms with Crippen LogP contribution in [0.5, 0.6) is 0 Å². The quantitative estimate of drug-likeness (QED) is 0.897. The summed E-state index contributed by atoms with van der Waals surface area (Å²) in [6.07, 6.45) is 1.08. The highest BCUT2D eigenvalue weighted by Crippen LogP contribution is 2.41. The van der Waals surface area contributed by atoms with E-state index in [1.807, 2.05) is 0 Å². The lowest BCUT2D eigenvalue weighted by Crippen LogP contribution is -2.14. The number of benzene rings is 1. The summed E-state index contributed by atoms with van der Waals surface area (Å²) in [4.78, 5) is 0. The fourth-order valence-corrected chi connectivity index (χ4v) is 2.37.